The molecular weight excluding hydrogens is 316 g/mol. The molecule has 6 heteroatoms. The Hall–Kier alpha value is -2.53. The molecule has 0 saturated heterocycles. The van der Waals surface area contributed by atoms with Crippen molar-refractivity contribution in [3.8, 4) is 11.6 Å². The van der Waals surface area contributed by atoms with E-state index in [0.29, 0.717) is 35.4 Å². The normalized spacial score (nSPS) is 10.0. The molecular formula is C17H17ClN2O3. The van der Waals surface area contributed by atoms with E-state index >= 15 is 0 Å². The van der Waals surface area contributed by atoms with Gasteiger partial charge in [-0.05, 0) is 17.7 Å². The van der Waals surface area contributed by atoms with E-state index in [4.69, 9.17) is 21.1 Å². The Kier molecular flexibility index (Phi) is 6.00. The zero-order chi connectivity index (χ0) is 16.7. The largest absolute Gasteiger partial charge is 0.489 e. The maximum atomic E-state index is 12.4. The lowest BCUT2D eigenvalue weighted by Crippen LogP contribution is -2.24. The number of benzene rings is 1. The summed E-state index contributed by atoms with van der Waals surface area (Å²) in [5, 5.41) is 3.13. The standard InChI is InChI=1S/C17H17ClN2O3/c1-3-9-23-14-6-4-5-13(18)16(14)17(21)20-11-12-7-8-15(22-2)19-10-12/h3-8,10H,1,9,11H2,2H3,(H,20,21). The summed E-state index contributed by atoms with van der Waals surface area (Å²) in [4.78, 5) is 16.5. The lowest BCUT2D eigenvalue weighted by molar-refractivity contribution is 0.0947. The van der Waals surface area contributed by atoms with Crippen molar-refractivity contribution in [1.29, 1.82) is 0 Å². The molecule has 0 unspecified atom stereocenters. The molecule has 1 aromatic heterocycles. The van der Waals surface area contributed by atoms with Gasteiger partial charge in [0.1, 0.15) is 12.4 Å². The Bertz CT molecular complexity index is 687. The van der Waals surface area contributed by atoms with Gasteiger partial charge in [-0.15, -0.1) is 0 Å². The number of hydrogen-bond acceptors (Lipinski definition) is 4. The number of pyridine rings is 1. The van der Waals surface area contributed by atoms with Crippen molar-refractivity contribution in [2.75, 3.05) is 13.7 Å². The van der Waals surface area contributed by atoms with Crippen molar-refractivity contribution in [2.45, 2.75) is 6.54 Å². The molecule has 0 aliphatic heterocycles. The fraction of sp³-hybridized carbons (Fsp3) is 0.176. The highest BCUT2D eigenvalue weighted by Gasteiger charge is 2.16. The zero-order valence-corrected chi connectivity index (χ0v) is 13.5. The number of hydrogen-bond donors (Lipinski definition) is 1. The predicted octanol–water partition coefficient (Wildman–Crippen LogP) is 3.24. The molecule has 0 saturated carbocycles. The van der Waals surface area contributed by atoms with Crippen molar-refractivity contribution >= 4 is 17.5 Å². The van der Waals surface area contributed by atoms with E-state index in [1.165, 1.54) is 0 Å². The number of amides is 1. The van der Waals surface area contributed by atoms with Gasteiger partial charge in [-0.25, -0.2) is 4.98 Å². The molecule has 2 aromatic rings. The number of ether oxygens (including phenoxy) is 2. The molecule has 120 valence electrons. The van der Waals surface area contributed by atoms with Crippen molar-refractivity contribution < 1.29 is 14.3 Å². The second kappa shape index (κ2) is 8.19. The minimum Gasteiger partial charge on any atom is -0.489 e. The molecule has 0 fully saturated rings. The number of aromatic nitrogens is 1. The third-order valence-electron chi connectivity index (χ3n) is 3.02. The van der Waals surface area contributed by atoms with E-state index < -0.39 is 0 Å². The summed E-state index contributed by atoms with van der Waals surface area (Å²) in [6.07, 6.45) is 3.24. The predicted molar refractivity (Wildman–Crippen MR) is 89.1 cm³/mol. The van der Waals surface area contributed by atoms with Crippen molar-refractivity contribution in [3.05, 3.63) is 65.3 Å². The van der Waals surface area contributed by atoms with E-state index in [1.807, 2.05) is 6.07 Å². The topological polar surface area (TPSA) is 60.5 Å². The highest BCUT2D eigenvalue weighted by Crippen LogP contribution is 2.26. The van der Waals surface area contributed by atoms with Crippen molar-refractivity contribution in [1.82, 2.24) is 10.3 Å². The van der Waals surface area contributed by atoms with Crippen molar-refractivity contribution in [3.63, 3.8) is 0 Å². The molecule has 0 atom stereocenters. The number of rotatable bonds is 7. The summed E-state index contributed by atoms with van der Waals surface area (Å²) in [5.41, 5.74) is 1.15. The second-order valence-electron chi connectivity index (χ2n) is 4.60. The fourth-order valence-corrected chi connectivity index (χ4v) is 2.15. The Morgan fingerprint density at radius 1 is 1.39 bits per heavy atom. The van der Waals surface area contributed by atoms with Crippen LogP contribution in [-0.2, 0) is 6.54 Å². The van der Waals surface area contributed by atoms with Crippen LogP contribution in [-0.4, -0.2) is 24.6 Å². The van der Waals surface area contributed by atoms with Crippen LogP contribution in [0.1, 0.15) is 15.9 Å². The molecule has 0 spiro atoms. The Morgan fingerprint density at radius 2 is 2.22 bits per heavy atom. The summed E-state index contributed by atoms with van der Waals surface area (Å²) < 4.78 is 10.5. The van der Waals surface area contributed by atoms with Crippen LogP contribution in [0.15, 0.2) is 49.2 Å². The van der Waals surface area contributed by atoms with Crippen LogP contribution in [0.3, 0.4) is 0 Å². The minimum absolute atomic E-state index is 0.295. The van der Waals surface area contributed by atoms with Gasteiger partial charge in [-0.2, -0.15) is 0 Å². The summed E-state index contributed by atoms with van der Waals surface area (Å²) >= 11 is 6.13. The third kappa shape index (κ3) is 4.47. The molecule has 0 aliphatic carbocycles. The van der Waals surface area contributed by atoms with E-state index in [2.05, 4.69) is 16.9 Å². The molecule has 0 aliphatic rings. The van der Waals surface area contributed by atoms with E-state index in [0.717, 1.165) is 5.56 Å². The summed E-state index contributed by atoms with van der Waals surface area (Å²) in [7, 11) is 1.55. The molecule has 1 heterocycles. The molecule has 1 N–H and O–H groups in total. The summed E-state index contributed by atoms with van der Waals surface area (Å²) in [6, 6.07) is 8.62. The van der Waals surface area contributed by atoms with Crippen molar-refractivity contribution in [2.24, 2.45) is 0 Å². The van der Waals surface area contributed by atoms with Crippen LogP contribution >= 0.6 is 11.6 Å². The molecule has 1 aromatic carbocycles. The summed E-state index contributed by atoms with van der Waals surface area (Å²) in [5.74, 6) is 0.625. The van der Waals surface area contributed by atoms with Crippen LogP contribution in [0.4, 0.5) is 0 Å². The monoisotopic (exact) mass is 332 g/mol. The highest BCUT2D eigenvalue weighted by atomic mass is 35.5. The Morgan fingerprint density at radius 3 is 2.87 bits per heavy atom. The molecule has 5 nitrogen and oxygen atoms in total. The van der Waals surface area contributed by atoms with Crippen LogP contribution in [0.5, 0.6) is 11.6 Å². The molecule has 0 radical (unpaired) electrons. The van der Waals surface area contributed by atoms with Gasteiger partial charge in [-0.1, -0.05) is 36.4 Å². The Balaban J connectivity index is 2.08. The van der Waals surface area contributed by atoms with E-state index in [1.54, 1.807) is 43.6 Å². The average Bonchev–Trinajstić information content (AvgIpc) is 2.58. The molecule has 0 bridgehead atoms. The van der Waals surface area contributed by atoms with Gasteiger partial charge in [0.15, 0.2) is 0 Å². The summed E-state index contributed by atoms with van der Waals surface area (Å²) in [6.45, 7) is 4.20. The molecule has 23 heavy (non-hydrogen) atoms. The van der Waals surface area contributed by atoms with Gasteiger partial charge >= 0.3 is 0 Å². The minimum atomic E-state index is -0.314. The smallest absolute Gasteiger partial charge is 0.256 e. The number of methoxy groups -OCH3 is 1. The highest BCUT2D eigenvalue weighted by molar-refractivity contribution is 6.34. The van der Waals surface area contributed by atoms with Gasteiger partial charge < -0.3 is 14.8 Å². The van der Waals surface area contributed by atoms with Crippen LogP contribution in [0, 0.1) is 0 Å². The number of halogens is 1. The maximum absolute atomic E-state index is 12.4. The number of nitrogens with one attached hydrogen (secondary N) is 1. The first kappa shape index (κ1) is 16.8. The second-order valence-corrected chi connectivity index (χ2v) is 5.01. The lowest BCUT2D eigenvalue weighted by atomic mass is 10.1. The van der Waals surface area contributed by atoms with Gasteiger partial charge in [0.2, 0.25) is 5.88 Å². The average molecular weight is 333 g/mol. The Labute approximate surface area is 139 Å². The van der Waals surface area contributed by atoms with Gasteiger partial charge in [0.25, 0.3) is 5.91 Å². The van der Waals surface area contributed by atoms with Gasteiger partial charge in [0.05, 0.1) is 17.7 Å². The van der Waals surface area contributed by atoms with Crippen LogP contribution in [0.25, 0.3) is 0 Å². The van der Waals surface area contributed by atoms with Crippen LogP contribution < -0.4 is 14.8 Å². The maximum Gasteiger partial charge on any atom is 0.256 e. The zero-order valence-electron chi connectivity index (χ0n) is 12.7. The quantitative estimate of drug-likeness (QED) is 0.791. The lowest BCUT2D eigenvalue weighted by Gasteiger charge is -2.12. The van der Waals surface area contributed by atoms with E-state index in [9.17, 15) is 4.79 Å². The first-order valence-electron chi connectivity index (χ1n) is 6.95. The SMILES string of the molecule is C=CCOc1cccc(Cl)c1C(=O)NCc1ccc(OC)nc1. The first-order chi connectivity index (χ1) is 11.2. The third-order valence-corrected chi connectivity index (χ3v) is 3.33. The van der Waals surface area contributed by atoms with Crippen LogP contribution in [0.2, 0.25) is 5.02 Å². The molecule has 1 amide bonds. The fourth-order valence-electron chi connectivity index (χ4n) is 1.90. The van der Waals surface area contributed by atoms with Gasteiger partial charge in [-0.3, -0.25) is 4.79 Å². The number of carbonyl (C=O) groups excluding carboxylic acids is 1. The van der Waals surface area contributed by atoms with Gasteiger partial charge in [0, 0.05) is 18.8 Å². The molecule has 2 rings (SSSR count). The first-order valence-corrected chi connectivity index (χ1v) is 7.33. The number of carbonyl (C=O) groups is 1. The number of nitrogens with zero attached hydrogens (tertiary/aromatic N) is 1. The van der Waals surface area contributed by atoms with E-state index in [-0.39, 0.29) is 5.91 Å².